The lowest BCUT2D eigenvalue weighted by Crippen LogP contribution is -2.61. The van der Waals surface area contributed by atoms with Gasteiger partial charge in [0.15, 0.2) is 5.78 Å². The summed E-state index contributed by atoms with van der Waals surface area (Å²) in [7, 11) is 0. The third-order valence-electron chi connectivity index (χ3n) is 5.19. The molecule has 1 aliphatic rings. The number of esters is 2. The molecule has 33 heavy (non-hydrogen) atoms. The lowest BCUT2D eigenvalue weighted by atomic mass is 9.93. The van der Waals surface area contributed by atoms with Gasteiger partial charge < -0.3 is 19.7 Å². The van der Waals surface area contributed by atoms with Crippen LogP contribution in [-0.4, -0.2) is 52.9 Å². The molecule has 0 aliphatic carbocycles. The second-order valence-electron chi connectivity index (χ2n) is 7.89. The van der Waals surface area contributed by atoms with Crippen LogP contribution < -0.4 is 0 Å². The Labute approximate surface area is 196 Å². The number of carbonyl (C=O) groups excluding carboxylic acids is 3. The quantitative estimate of drug-likeness (QED) is 0.146. The zero-order valence-electron chi connectivity index (χ0n) is 19.6. The number of ether oxygens (including phenoxy) is 2. The van der Waals surface area contributed by atoms with Crippen molar-refractivity contribution in [2.45, 2.75) is 82.8 Å². The minimum atomic E-state index is -2.33. The molecule has 0 radical (unpaired) electrons. The number of Topliss-reactive ketones (excluding diaryl/α,β-unsaturated/α-hetero) is 1. The summed E-state index contributed by atoms with van der Waals surface area (Å²) < 4.78 is 9.61. The number of aliphatic hydroxyl groups is 2. The van der Waals surface area contributed by atoms with Crippen molar-refractivity contribution in [3.8, 4) is 0 Å². The van der Waals surface area contributed by atoms with Crippen LogP contribution in [0.1, 0.15) is 71.1 Å². The molecule has 1 fully saturated rings. The van der Waals surface area contributed by atoms with E-state index in [2.05, 4.69) is 43.4 Å². The first-order valence-corrected chi connectivity index (χ1v) is 11.8. The van der Waals surface area contributed by atoms with E-state index in [1.165, 1.54) is 19.3 Å². The van der Waals surface area contributed by atoms with Gasteiger partial charge in [-0.1, -0.05) is 68.4 Å². The highest BCUT2D eigenvalue weighted by Crippen LogP contribution is 2.24. The summed E-state index contributed by atoms with van der Waals surface area (Å²) >= 11 is 0. The van der Waals surface area contributed by atoms with Crippen LogP contribution >= 0.6 is 0 Å². The van der Waals surface area contributed by atoms with Crippen LogP contribution in [0.25, 0.3) is 0 Å². The average Bonchev–Trinajstić information content (AvgIpc) is 2.82. The summed E-state index contributed by atoms with van der Waals surface area (Å²) in [6, 6.07) is 0. The van der Waals surface area contributed by atoms with Crippen molar-refractivity contribution >= 4 is 17.7 Å². The van der Waals surface area contributed by atoms with E-state index in [-0.39, 0.29) is 6.42 Å². The first-order chi connectivity index (χ1) is 16.0. The van der Waals surface area contributed by atoms with E-state index in [0.29, 0.717) is 12.8 Å². The number of ketones is 1. The van der Waals surface area contributed by atoms with Crippen molar-refractivity contribution in [3.63, 3.8) is 0 Å². The van der Waals surface area contributed by atoms with Gasteiger partial charge in [-0.2, -0.15) is 0 Å². The maximum absolute atomic E-state index is 12.4. The average molecular weight is 463 g/mol. The Hall–Kier alpha value is -2.51. The summed E-state index contributed by atoms with van der Waals surface area (Å²) in [5.74, 6) is -2.90. The number of allylic oxidation sites excluding steroid dienone is 8. The van der Waals surface area contributed by atoms with Gasteiger partial charge in [-0.05, 0) is 44.9 Å². The van der Waals surface area contributed by atoms with E-state index in [1.807, 2.05) is 12.2 Å². The maximum Gasteiger partial charge on any atom is 0.362 e. The summed E-state index contributed by atoms with van der Waals surface area (Å²) in [6.07, 6.45) is 24.0. The molecule has 7 heteroatoms. The molecule has 0 aromatic rings. The monoisotopic (exact) mass is 462 g/mol. The van der Waals surface area contributed by atoms with Crippen LogP contribution in [0.2, 0.25) is 0 Å². The van der Waals surface area contributed by atoms with Gasteiger partial charge in [0.1, 0.15) is 6.61 Å². The molecule has 0 bridgehead atoms. The second-order valence-corrected chi connectivity index (χ2v) is 7.89. The fourth-order valence-corrected chi connectivity index (χ4v) is 3.16. The highest BCUT2D eigenvalue weighted by molar-refractivity contribution is 6.10. The summed E-state index contributed by atoms with van der Waals surface area (Å²) in [4.78, 5) is 36.2. The molecule has 0 amide bonds. The van der Waals surface area contributed by atoms with E-state index >= 15 is 0 Å². The van der Waals surface area contributed by atoms with Crippen LogP contribution in [-0.2, 0) is 23.9 Å². The van der Waals surface area contributed by atoms with Crippen LogP contribution in [0.4, 0.5) is 0 Å². The Balaban J connectivity index is 2.21. The maximum atomic E-state index is 12.4. The molecular formula is C26H38O7. The predicted molar refractivity (Wildman–Crippen MR) is 126 cm³/mol. The van der Waals surface area contributed by atoms with Crippen molar-refractivity contribution in [3.05, 3.63) is 48.6 Å². The molecular weight excluding hydrogens is 424 g/mol. The van der Waals surface area contributed by atoms with Crippen LogP contribution in [0.5, 0.6) is 0 Å². The number of rotatable bonds is 17. The Morgan fingerprint density at radius 2 is 1.42 bits per heavy atom. The highest BCUT2D eigenvalue weighted by Gasteiger charge is 2.55. The third kappa shape index (κ3) is 10.3. The molecule has 2 atom stereocenters. The molecule has 2 unspecified atom stereocenters. The van der Waals surface area contributed by atoms with E-state index in [9.17, 15) is 19.5 Å². The molecule has 0 spiro atoms. The molecule has 2 N–H and O–H groups in total. The lowest BCUT2D eigenvalue weighted by molar-refractivity contribution is -0.217. The molecule has 1 rings (SSSR count). The van der Waals surface area contributed by atoms with Gasteiger partial charge in [0.25, 0.3) is 5.60 Å². The standard InChI is InChI=1S/C26H38O7/c1-2-3-4-5-6-7-8-9-10-11-12-13-14-15-16-17-18-19-23(29)26(21-28)25(31)32-22(20-27)24(30)33-26/h6-7,9-10,12-13,15-16,22,27-28H,2-5,8,11,14,17-21H2,1H3/b7-6-,10-9-,13-12-,16-15-. The first-order valence-electron chi connectivity index (χ1n) is 11.8. The van der Waals surface area contributed by atoms with Crippen molar-refractivity contribution in [1.82, 2.24) is 0 Å². The first kappa shape index (κ1) is 28.5. The fraction of sp³-hybridized carbons (Fsp3) is 0.577. The molecule has 1 aliphatic heterocycles. The van der Waals surface area contributed by atoms with Crippen molar-refractivity contribution in [1.29, 1.82) is 0 Å². The Morgan fingerprint density at radius 3 is 1.94 bits per heavy atom. The summed E-state index contributed by atoms with van der Waals surface area (Å²) in [5, 5.41) is 18.5. The number of hydrogen-bond donors (Lipinski definition) is 2. The number of carbonyl (C=O) groups is 3. The Bertz CT molecular complexity index is 720. The van der Waals surface area contributed by atoms with Gasteiger partial charge in [0.05, 0.1) is 6.61 Å². The fourth-order valence-electron chi connectivity index (χ4n) is 3.16. The minimum absolute atomic E-state index is 0.0508. The highest BCUT2D eigenvalue weighted by atomic mass is 16.7. The smallest absolute Gasteiger partial charge is 0.362 e. The van der Waals surface area contributed by atoms with E-state index in [0.717, 1.165) is 25.7 Å². The van der Waals surface area contributed by atoms with E-state index in [4.69, 9.17) is 14.6 Å². The topological polar surface area (TPSA) is 110 Å². The predicted octanol–water partition coefficient (Wildman–Crippen LogP) is 3.89. The minimum Gasteiger partial charge on any atom is -0.444 e. The van der Waals surface area contributed by atoms with Gasteiger partial charge >= 0.3 is 11.9 Å². The van der Waals surface area contributed by atoms with Crippen molar-refractivity contribution < 1.29 is 34.1 Å². The molecule has 0 aromatic carbocycles. The second kappa shape index (κ2) is 17.0. The Kier molecular flexibility index (Phi) is 14.7. The number of unbranched alkanes of at least 4 members (excludes halogenated alkanes) is 4. The van der Waals surface area contributed by atoms with Gasteiger partial charge in [0.2, 0.25) is 6.10 Å². The lowest BCUT2D eigenvalue weighted by Gasteiger charge is -2.34. The van der Waals surface area contributed by atoms with Gasteiger partial charge in [-0.3, -0.25) is 4.79 Å². The zero-order valence-corrected chi connectivity index (χ0v) is 19.6. The van der Waals surface area contributed by atoms with Crippen molar-refractivity contribution in [2.75, 3.05) is 13.2 Å². The molecule has 1 heterocycles. The molecule has 0 aromatic heterocycles. The Morgan fingerprint density at radius 1 is 0.879 bits per heavy atom. The van der Waals surface area contributed by atoms with Crippen molar-refractivity contribution in [2.24, 2.45) is 0 Å². The zero-order chi connectivity index (χ0) is 24.4. The van der Waals surface area contributed by atoms with Crippen LogP contribution in [0, 0.1) is 0 Å². The normalized spacial score (nSPS) is 21.5. The summed E-state index contributed by atoms with van der Waals surface area (Å²) in [6.45, 7) is 0.478. The number of aliphatic hydroxyl groups excluding tert-OH is 2. The van der Waals surface area contributed by atoms with E-state index < -0.39 is 42.6 Å². The van der Waals surface area contributed by atoms with Crippen LogP contribution in [0.15, 0.2) is 48.6 Å². The third-order valence-corrected chi connectivity index (χ3v) is 5.19. The van der Waals surface area contributed by atoms with Gasteiger partial charge in [-0.15, -0.1) is 0 Å². The number of hydrogen-bond acceptors (Lipinski definition) is 7. The number of cyclic esters (lactones) is 2. The van der Waals surface area contributed by atoms with Gasteiger partial charge in [-0.25, -0.2) is 9.59 Å². The summed E-state index contributed by atoms with van der Waals surface area (Å²) in [5.41, 5.74) is -2.33. The molecule has 1 saturated heterocycles. The van der Waals surface area contributed by atoms with E-state index in [1.54, 1.807) is 0 Å². The molecule has 184 valence electrons. The van der Waals surface area contributed by atoms with Gasteiger partial charge in [0, 0.05) is 6.42 Å². The largest absolute Gasteiger partial charge is 0.444 e. The SMILES string of the molecule is CCCCC/C=C\C/C=C\C/C=C\C/C=C\CCCC(=O)C1(CO)OC(=O)C(CO)OC1=O. The van der Waals surface area contributed by atoms with Crippen LogP contribution in [0.3, 0.4) is 0 Å². The molecule has 0 saturated carbocycles. The molecule has 7 nitrogen and oxygen atoms in total.